The zero-order valence-electron chi connectivity index (χ0n) is 21.7. The molecule has 5 aliphatic rings. The molecule has 2 saturated carbocycles. The van der Waals surface area contributed by atoms with Gasteiger partial charge >= 0.3 is 0 Å². The number of carbonyl (C=O) groups excluding carboxylic acids is 3. The Morgan fingerprint density at radius 2 is 1.41 bits per heavy atom. The molecular weight excluding hydrogens is 488 g/mol. The largest absolute Gasteiger partial charge is 0.457 e. The molecule has 3 aromatic rings. The van der Waals surface area contributed by atoms with Crippen molar-refractivity contribution < 1.29 is 19.1 Å². The number of imide groups is 1. The number of aryl methyl sites for hydroxylation is 1. The molecule has 1 aliphatic heterocycles. The molecule has 1 N–H and O–H groups in total. The summed E-state index contributed by atoms with van der Waals surface area (Å²) >= 11 is 0. The molecule has 6 nitrogen and oxygen atoms in total. The van der Waals surface area contributed by atoms with Crippen molar-refractivity contribution in [2.75, 3.05) is 5.32 Å². The Hall–Kier alpha value is -4.19. The molecule has 0 radical (unpaired) electrons. The van der Waals surface area contributed by atoms with Gasteiger partial charge in [0, 0.05) is 12.1 Å². The lowest BCUT2D eigenvalue weighted by Crippen LogP contribution is -2.49. The van der Waals surface area contributed by atoms with Crippen molar-refractivity contribution in [3.05, 3.63) is 102 Å². The fraction of sp³-hybridized carbons (Fsp3) is 0.303. The van der Waals surface area contributed by atoms with Crippen LogP contribution in [0.2, 0.25) is 0 Å². The second-order valence-electron chi connectivity index (χ2n) is 11.3. The molecular formula is C33H30N2O4. The number of nitrogens with one attached hydrogen (secondary N) is 1. The summed E-state index contributed by atoms with van der Waals surface area (Å²) in [4.78, 5) is 42.7. The highest BCUT2D eigenvalue weighted by Crippen LogP contribution is 2.65. The predicted octanol–water partition coefficient (Wildman–Crippen LogP) is 5.39. The van der Waals surface area contributed by atoms with E-state index in [0.717, 1.165) is 23.3 Å². The number of ether oxygens (including phenoxy) is 1. The van der Waals surface area contributed by atoms with Gasteiger partial charge in [0.2, 0.25) is 17.7 Å². The van der Waals surface area contributed by atoms with Gasteiger partial charge < -0.3 is 10.1 Å². The Bertz CT molecular complexity index is 1430. The number of nitrogens with zero attached hydrogens (tertiary/aromatic N) is 1. The normalized spacial score (nSPS) is 28.6. The minimum atomic E-state index is -0.919. The van der Waals surface area contributed by atoms with Crippen molar-refractivity contribution in [3.8, 4) is 11.5 Å². The summed E-state index contributed by atoms with van der Waals surface area (Å²) in [6, 6.07) is 23.6. The quantitative estimate of drug-likeness (QED) is 0.336. The fourth-order valence-corrected chi connectivity index (χ4v) is 7.00. The predicted molar refractivity (Wildman–Crippen MR) is 147 cm³/mol. The highest BCUT2D eigenvalue weighted by Gasteiger charge is 2.67. The molecule has 1 heterocycles. The highest BCUT2D eigenvalue weighted by molar-refractivity contribution is 6.10. The van der Waals surface area contributed by atoms with Crippen LogP contribution >= 0.6 is 0 Å². The fourth-order valence-electron chi connectivity index (χ4n) is 7.00. The summed E-state index contributed by atoms with van der Waals surface area (Å²) in [5, 5.41) is 2.96. The van der Waals surface area contributed by atoms with Gasteiger partial charge in [-0.1, -0.05) is 60.2 Å². The van der Waals surface area contributed by atoms with Crippen LogP contribution in [0.4, 0.5) is 5.69 Å². The van der Waals surface area contributed by atoms with Gasteiger partial charge in [0.25, 0.3) is 0 Å². The molecule has 6 heteroatoms. The van der Waals surface area contributed by atoms with Crippen LogP contribution in [0.3, 0.4) is 0 Å². The highest BCUT2D eigenvalue weighted by atomic mass is 16.5. The first-order valence-corrected chi connectivity index (χ1v) is 13.7. The van der Waals surface area contributed by atoms with E-state index in [2.05, 4.69) is 17.5 Å². The van der Waals surface area contributed by atoms with Gasteiger partial charge in [-0.3, -0.25) is 19.3 Å². The van der Waals surface area contributed by atoms with Gasteiger partial charge in [-0.25, -0.2) is 0 Å². The summed E-state index contributed by atoms with van der Waals surface area (Å²) < 4.78 is 5.91. The molecule has 3 fully saturated rings. The van der Waals surface area contributed by atoms with Crippen LogP contribution in [0.25, 0.3) is 0 Å². The molecule has 196 valence electrons. The topological polar surface area (TPSA) is 75.7 Å². The van der Waals surface area contributed by atoms with Gasteiger partial charge in [0.05, 0.1) is 11.8 Å². The van der Waals surface area contributed by atoms with E-state index in [1.807, 2.05) is 61.5 Å². The molecule has 0 unspecified atom stereocenters. The third-order valence-corrected chi connectivity index (χ3v) is 8.96. The van der Waals surface area contributed by atoms with Crippen molar-refractivity contribution >= 4 is 23.4 Å². The van der Waals surface area contributed by atoms with Gasteiger partial charge in [0.1, 0.15) is 17.5 Å². The van der Waals surface area contributed by atoms with Crippen LogP contribution in [-0.4, -0.2) is 28.7 Å². The lowest BCUT2D eigenvalue weighted by atomic mass is 9.63. The summed E-state index contributed by atoms with van der Waals surface area (Å²) in [7, 11) is 0. The Kier molecular flexibility index (Phi) is 5.65. The number of rotatable bonds is 7. The molecule has 3 aromatic carbocycles. The maximum Gasteiger partial charge on any atom is 0.248 e. The van der Waals surface area contributed by atoms with E-state index in [9.17, 15) is 14.4 Å². The summed E-state index contributed by atoms with van der Waals surface area (Å²) in [6.45, 7) is 2.02. The monoisotopic (exact) mass is 518 g/mol. The Morgan fingerprint density at radius 1 is 0.846 bits per heavy atom. The molecule has 2 bridgehead atoms. The van der Waals surface area contributed by atoms with Gasteiger partial charge in [-0.2, -0.15) is 0 Å². The van der Waals surface area contributed by atoms with Crippen LogP contribution in [-0.2, 0) is 20.8 Å². The zero-order valence-corrected chi connectivity index (χ0v) is 21.7. The number of carbonyl (C=O) groups is 3. The van der Waals surface area contributed by atoms with E-state index in [4.69, 9.17) is 4.74 Å². The molecule has 4 aliphatic carbocycles. The van der Waals surface area contributed by atoms with E-state index in [0.29, 0.717) is 23.3 Å². The van der Waals surface area contributed by atoms with E-state index in [-0.39, 0.29) is 47.8 Å². The van der Waals surface area contributed by atoms with Crippen LogP contribution < -0.4 is 10.1 Å². The molecule has 3 amide bonds. The molecule has 7 atom stereocenters. The van der Waals surface area contributed by atoms with E-state index in [1.165, 1.54) is 4.90 Å². The SMILES string of the molecule is Cc1ccc(Oc2ccc(NC(=O)[C@@H](Cc3ccccc3)N3C(=O)[C@H]4[C@@H]5C=C[C@H]([C@@H]6C[C@H]56)[C@@H]4C3=O)cc2)cc1. The number of amides is 3. The molecule has 39 heavy (non-hydrogen) atoms. The van der Waals surface area contributed by atoms with Crippen molar-refractivity contribution in [2.24, 2.45) is 35.5 Å². The van der Waals surface area contributed by atoms with Crippen LogP contribution in [0, 0.1) is 42.4 Å². The Balaban J connectivity index is 1.12. The van der Waals surface area contributed by atoms with Crippen molar-refractivity contribution in [3.63, 3.8) is 0 Å². The Morgan fingerprint density at radius 3 is 2.00 bits per heavy atom. The lowest BCUT2D eigenvalue weighted by molar-refractivity contribution is -0.146. The third kappa shape index (κ3) is 4.15. The van der Waals surface area contributed by atoms with E-state index >= 15 is 0 Å². The average Bonchev–Trinajstić information content (AvgIpc) is 3.73. The molecule has 0 spiro atoms. The number of likely N-dealkylation sites (tertiary alicyclic amines) is 1. The molecule has 1 saturated heterocycles. The maximum absolute atomic E-state index is 13.8. The summed E-state index contributed by atoms with van der Waals surface area (Å²) in [5.74, 6) is 1.24. The van der Waals surface area contributed by atoms with Crippen molar-refractivity contribution in [2.45, 2.75) is 25.8 Å². The first kappa shape index (κ1) is 23.9. The first-order chi connectivity index (χ1) is 19.0. The number of benzene rings is 3. The average molecular weight is 519 g/mol. The van der Waals surface area contributed by atoms with Crippen molar-refractivity contribution in [1.29, 1.82) is 0 Å². The van der Waals surface area contributed by atoms with Crippen LogP contribution in [0.1, 0.15) is 17.5 Å². The van der Waals surface area contributed by atoms with Gasteiger partial charge in [0.15, 0.2) is 0 Å². The second-order valence-corrected chi connectivity index (χ2v) is 11.3. The maximum atomic E-state index is 13.8. The van der Waals surface area contributed by atoms with Crippen molar-refractivity contribution in [1.82, 2.24) is 4.90 Å². The standard InChI is InChI=1S/C33H30N2O4/c1-19-7-11-22(12-8-19)39-23-13-9-21(10-14-23)34-31(36)28(17-20-5-3-2-4-6-20)35-32(37)29-24-15-16-25(27-18-26(24)27)30(29)33(35)38/h2-16,24-30H,17-18H2,1H3,(H,34,36)/t24-,25-,26-,27+,28-,29+,30+/m1/s1. The first-order valence-electron chi connectivity index (χ1n) is 13.7. The van der Waals surface area contributed by atoms with E-state index in [1.54, 1.807) is 24.3 Å². The minimum absolute atomic E-state index is 0.118. The van der Waals surface area contributed by atoms with Gasteiger partial charge in [-0.15, -0.1) is 0 Å². The van der Waals surface area contributed by atoms with Gasteiger partial charge in [-0.05, 0) is 79.0 Å². The number of hydrogen-bond donors (Lipinski definition) is 1. The molecule has 8 rings (SSSR count). The number of hydrogen-bond acceptors (Lipinski definition) is 4. The Labute approximate surface area is 227 Å². The summed E-state index contributed by atoms with van der Waals surface area (Å²) in [6.07, 6.45) is 5.68. The second kappa shape index (κ2) is 9.23. The van der Waals surface area contributed by atoms with E-state index < -0.39 is 6.04 Å². The molecule has 0 aromatic heterocycles. The zero-order chi connectivity index (χ0) is 26.7. The van der Waals surface area contributed by atoms with Crippen LogP contribution in [0.5, 0.6) is 11.5 Å². The third-order valence-electron chi connectivity index (χ3n) is 8.96. The van der Waals surface area contributed by atoms with Crippen LogP contribution in [0.15, 0.2) is 91.0 Å². The summed E-state index contributed by atoms with van der Waals surface area (Å²) in [5.41, 5.74) is 2.63. The number of anilines is 1. The smallest absolute Gasteiger partial charge is 0.248 e. The number of allylic oxidation sites excluding steroid dienone is 2. The minimum Gasteiger partial charge on any atom is -0.457 e. The lowest BCUT2D eigenvalue weighted by Gasteiger charge is -2.37.